The maximum Gasteiger partial charge on any atom is 0.248 e. The number of anilines is 1. The lowest BCUT2D eigenvalue weighted by Crippen LogP contribution is -2.13. The average Bonchev–Trinajstić information content (AvgIpc) is 3.02. The highest BCUT2D eigenvalue weighted by molar-refractivity contribution is 5.88. The third-order valence-electron chi connectivity index (χ3n) is 3.73. The van der Waals surface area contributed by atoms with Gasteiger partial charge in [0.2, 0.25) is 11.9 Å². The van der Waals surface area contributed by atoms with Gasteiger partial charge in [0, 0.05) is 6.42 Å². The molecule has 0 radical (unpaired) electrons. The number of benzene rings is 2. The number of nitrogens with zero attached hydrogens (tertiary/aromatic N) is 3. The number of hydrogen-bond acceptors (Lipinski definition) is 3. The topological polar surface area (TPSA) is 59.8 Å². The van der Waals surface area contributed by atoms with E-state index in [9.17, 15) is 9.18 Å². The lowest BCUT2D eigenvalue weighted by atomic mass is 10.1. The van der Waals surface area contributed by atoms with Gasteiger partial charge >= 0.3 is 0 Å². The van der Waals surface area contributed by atoms with Crippen LogP contribution < -0.4 is 5.32 Å². The third kappa shape index (κ3) is 5.24. The van der Waals surface area contributed by atoms with Crippen molar-refractivity contribution in [3.05, 3.63) is 77.9 Å². The fourth-order valence-electron chi connectivity index (χ4n) is 2.54. The normalized spacial score (nSPS) is 10.6. The first-order chi connectivity index (χ1) is 12.2. The highest BCUT2D eigenvalue weighted by Crippen LogP contribution is 2.08. The summed E-state index contributed by atoms with van der Waals surface area (Å²) in [4.78, 5) is 16.0. The van der Waals surface area contributed by atoms with E-state index in [1.807, 2.05) is 36.4 Å². The van der Waals surface area contributed by atoms with E-state index in [1.165, 1.54) is 24.0 Å². The van der Waals surface area contributed by atoms with Crippen LogP contribution in [-0.4, -0.2) is 20.7 Å². The molecule has 128 valence electrons. The molecule has 0 saturated carbocycles. The van der Waals surface area contributed by atoms with E-state index >= 15 is 0 Å². The Morgan fingerprint density at radius 3 is 2.68 bits per heavy atom. The predicted octanol–water partition coefficient (Wildman–Crippen LogP) is 3.43. The zero-order valence-electron chi connectivity index (χ0n) is 13.7. The molecule has 25 heavy (non-hydrogen) atoms. The molecule has 1 aromatic heterocycles. The Hall–Kier alpha value is -3.02. The summed E-state index contributed by atoms with van der Waals surface area (Å²) < 4.78 is 14.7. The van der Waals surface area contributed by atoms with Crippen LogP contribution in [0.4, 0.5) is 10.3 Å². The first-order valence-electron chi connectivity index (χ1n) is 8.17. The quantitative estimate of drug-likeness (QED) is 0.718. The smallest absolute Gasteiger partial charge is 0.248 e. The molecule has 0 aliphatic heterocycles. The van der Waals surface area contributed by atoms with Gasteiger partial charge in [-0.25, -0.2) is 14.1 Å². The van der Waals surface area contributed by atoms with Crippen LogP contribution in [0, 0.1) is 5.82 Å². The van der Waals surface area contributed by atoms with Gasteiger partial charge in [-0.05, 0) is 36.1 Å². The van der Waals surface area contributed by atoms with Gasteiger partial charge in [-0.1, -0.05) is 42.5 Å². The number of aryl methyl sites for hydroxylation is 1. The second-order valence-electron chi connectivity index (χ2n) is 5.78. The summed E-state index contributed by atoms with van der Waals surface area (Å²) in [6.45, 7) is 0.397. The minimum Gasteiger partial charge on any atom is -0.293 e. The van der Waals surface area contributed by atoms with Crippen LogP contribution in [0.3, 0.4) is 0 Å². The van der Waals surface area contributed by atoms with E-state index in [2.05, 4.69) is 15.4 Å². The zero-order chi connectivity index (χ0) is 17.5. The molecule has 1 amide bonds. The van der Waals surface area contributed by atoms with E-state index in [0.717, 1.165) is 18.4 Å². The van der Waals surface area contributed by atoms with Crippen molar-refractivity contribution in [2.75, 3.05) is 5.32 Å². The van der Waals surface area contributed by atoms with Gasteiger partial charge in [-0.2, -0.15) is 0 Å². The Bertz CT molecular complexity index is 832. The number of hydrogen-bond donors (Lipinski definition) is 1. The summed E-state index contributed by atoms with van der Waals surface area (Å²) in [5.41, 5.74) is 2.00. The number of carbonyl (C=O) groups is 1. The number of aromatic nitrogens is 3. The third-order valence-corrected chi connectivity index (χ3v) is 3.73. The number of rotatable bonds is 7. The largest absolute Gasteiger partial charge is 0.293 e. The Morgan fingerprint density at radius 1 is 1.08 bits per heavy atom. The highest BCUT2D eigenvalue weighted by atomic mass is 19.1. The van der Waals surface area contributed by atoms with Gasteiger partial charge in [0.1, 0.15) is 12.1 Å². The lowest BCUT2D eigenvalue weighted by molar-refractivity contribution is -0.116. The Balaban J connectivity index is 1.46. The second kappa shape index (κ2) is 8.19. The monoisotopic (exact) mass is 338 g/mol. The van der Waals surface area contributed by atoms with Gasteiger partial charge in [0.25, 0.3) is 0 Å². The molecule has 2 aromatic carbocycles. The van der Waals surface area contributed by atoms with Crippen molar-refractivity contribution in [2.45, 2.75) is 25.8 Å². The van der Waals surface area contributed by atoms with Gasteiger partial charge in [0.05, 0.1) is 6.54 Å². The molecule has 3 aromatic rings. The van der Waals surface area contributed by atoms with Crippen LogP contribution in [0.2, 0.25) is 0 Å². The molecule has 6 heteroatoms. The molecule has 5 nitrogen and oxygen atoms in total. The van der Waals surface area contributed by atoms with E-state index in [-0.39, 0.29) is 17.7 Å². The van der Waals surface area contributed by atoms with Crippen LogP contribution in [-0.2, 0) is 17.8 Å². The molecule has 0 unspecified atom stereocenters. The zero-order valence-corrected chi connectivity index (χ0v) is 13.7. The molecule has 3 rings (SSSR count). The van der Waals surface area contributed by atoms with Crippen molar-refractivity contribution in [3.63, 3.8) is 0 Å². The molecule has 1 N–H and O–H groups in total. The molecular weight excluding hydrogens is 319 g/mol. The van der Waals surface area contributed by atoms with Crippen LogP contribution in [0.5, 0.6) is 0 Å². The number of halogens is 1. The van der Waals surface area contributed by atoms with E-state index in [1.54, 1.807) is 10.7 Å². The van der Waals surface area contributed by atoms with Crippen molar-refractivity contribution in [2.24, 2.45) is 0 Å². The standard InChI is InChI=1S/C19H19FN4O/c20-17-10-4-9-16(12-17)13-24-14-21-19(23-24)22-18(25)11-5-8-15-6-2-1-3-7-15/h1-4,6-7,9-10,12,14H,5,8,11,13H2,(H,22,23,25). The summed E-state index contributed by atoms with van der Waals surface area (Å²) in [5, 5.41) is 6.88. The summed E-state index contributed by atoms with van der Waals surface area (Å²) in [6.07, 6.45) is 3.55. The van der Waals surface area contributed by atoms with E-state index in [4.69, 9.17) is 0 Å². The predicted molar refractivity (Wildman–Crippen MR) is 93.5 cm³/mol. The second-order valence-corrected chi connectivity index (χ2v) is 5.78. The fraction of sp³-hybridized carbons (Fsp3) is 0.211. The first-order valence-corrected chi connectivity index (χ1v) is 8.17. The summed E-state index contributed by atoms with van der Waals surface area (Å²) in [5.74, 6) is -0.134. The molecule has 0 saturated heterocycles. The van der Waals surface area contributed by atoms with Crippen molar-refractivity contribution in [3.8, 4) is 0 Å². The Kier molecular flexibility index (Phi) is 5.51. The summed E-state index contributed by atoms with van der Waals surface area (Å²) >= 11 is 0. The molecule has 0 aliphatic rings. The van der Waals surface area contributed by atoms with E-state index in [0.29, 0.717) is 13.0 Å². The fourth-order valence-corrected chi connectivity index (χ4v) is 2.54. The van der Waals surface area contributed by atoms with Crippen LogP contribution >= 0.6 is 0 Å². The molecule has 1 heterocycles. The van der Waals surface area contributed by atoms with Crippen molar-refractivity contribution in [1.29, 1.82) is 0 Å². The van der Waals surface area contributed by atoms with Crippen LogP contribution in [0.1, 0.15) is 24.0 Å². The minimum atomic E-state index is -0.287. The number of nitrogens with one attached hydrogen (secondary N) is 1. The summed E-state index contributed by atoms with van der Waals surface area (Å²) in [7, 11) is 0. The average molecular weight is 338 g/mol. The highest BCUT2D eigenvalue weighted by Gasteiger charge is 2.07. The molecule has 0 aliphatic carbocycles. The molecular formula is C19H19FN4O. The maximum atomic E-state index is 13.2. The van der Waals surface area contributed by atoms with Crippen molar-refractivity contribution in [1.82, 2.24) is 14.8 Å². The van der Waals surface area contributed by atoms with Gasteiger partial charge in [-0.15, -0.1) is 5.10 Å². The SMILES string of the molecule is O=C(CCCc1ccccc1)Nc1ncn(Cc2cccc(F)c2)n1. The van der Waals surface area contributed by atoms with Crippen molar-refractivity contribution < 1.29 is 9.18 Å². The minimum absolute atomic E-state index is 0.112. The lowest BCUT2D eigenvalue weighted by Gasteiger charge is -2.03. The van der Waals surface area contributed by atoms with Crippen molar-refractivity contribution >= 4 is 11.9 Å². The Morgan fingerprint density at radius 2 is 1.88 bits per heavy atom. The molecule has 0 atom stereocenters. The van der Waals surface area contributed by atoms with Crippen LogP contribution in [0.25, 0.3) is 0 Å². The molecule has 0 fully saturated rings. The Labute approximate surface area is 145 Å². The summed E-state index contributed by atoms with van der Waals surface area (Å²) in [6, 6.07) is 16.4. The van der Waals surface area contributed by atoms with Gasteiger partial charge in [0.15, 0.2) is 0 Å². The number of carbonyl (C=O) groups excluding carboxylic acids is 1. The first kappa shape index (κ1) is 16.8. The molecule has 0 spiro atoms. The maximum absolute atomic E-state index is 13.2. The molecule has 0 bridgehead atoms. The van der Waals surface area contributed by atoms with Gasteiger partial charge < -0.3 is 0 Å². The van der Waals surface area contributed by atoms with Gasteiger partial charge in [-0.3, -0.25) is 10.1 Å². The van der Waals surface area contributed by atoms with Crippen LogP contribution in [0.15, 0.2) is 60.9 Å². The number of amides is 1. The van der Waals surface area contributed by atoms with E-state index < -0.39 is 0 Å².